The molecule has 1 N–H and O–H groups in total. The molecule has 30 heavy (non-hydrogen) atoms. The first-order chi connectivity index (χ1) is 13.8. The normalized spacial score (nSPS) is 12.5. The maximum atomic E-state index is 14.0. The smallest absolute Gasteiger partial charge is 0.446 e. The summed E-state index contributed by atoms with van der Waals surface area (Å²) in [6, 6.07) is 6.06. The van der Waals surface area contributed by atoms with E-state index in [0.29, 0.717) is 0 Å². The summed E-state index contributed by atoms with van der Waals surface area (Å²) in [5.41, 5.74) is -4.45. The Morgan fingerprint density at radius 2 is 1.80 bits per heavy atom. The van der Waals surface area contributed by atoms with Crippen molar-refractivity contribution in [2.45, 2.75) is 28.6 Å². The highest BCUT2D eigenvalue weighted by atomic mass is 35.5. The van der Waals surface area contributed by atoms with Crippen molar-refractivity contribution in [3.63, 3.8) is 0 Å². The van der Waals surface area contributed by atoms with E-state index in [4.69, 9.17) is 16.7 Å². The second-order valence-corrected chi connectivity index (χ2v) is 9.54. The Kier molecular flexibility index (Phi) is 5.82. The van der Waals surface area contributed by atoms with Crippen LogP contribution in [0.15, 0.2) is 46.2 Å². The van der Waals surface area contributed by atoms with Gasteiger partial charge < -0.3 is 5.11 Å². The van der Waals surface area contributed by atoms with E-state index in [1.54, 1.807) is 0 Å². The average molecular weight is 482 g/mol. The van der Waals surface area contributed by atoms with E-state index in [-0.39, 0.29) is 48.7 Å². The number of hydrogen-bond acceptors (Lipinski definition) is 4. The summed E-state index contributed by atoms with van der Waals surface area (Å²) in [4.78, 5) is 10.7. The molecule has 0 radical (unpaired) electrons. The van der Waals surface area contributed by atoms with Crippen LogP contribution in [0.1, 0.15) is 11.3 Å². The van der Waals surface area contributed by atoms with Gasteiger partial charge in [-0.05, 0) is 60.6 Å². The number of thioether (sulfide) groups is 1. The van der Waals surface area contributed by atoms with Crippen molar-refractivity contribution >= 4 is 50.3 Å². The summed E-state index contributed by atoms with van der Waals surface area (Å²) in [5.74, 6) is -2.10. The largest absolute Gasteiger partial charge is 0.481 e. The summed E-state index contributed by atoms with van der Waals surface area (Å²) in [5, 5.41) is 8.85. The molecule has 0 amide bonds. The first-order valence-corrected chi connectivity index (χ1v) is 10.8. The van der Waals surface area contributed by atoms with Gasteiger partial charge in [0.1, 0.15) is 5.82 Å². The SMILES string of the molecule is Cc1c(CC(=O)O)c2cc(F)c(Cl)cc2n1S(=O)(=O)c1ccc(SC(F)(F)F)cc1. The first-order valence-electron chi connectivity index (χ1n) is 8.13. The van der Waals surface area contributed by atoms with Crippen molar-refractivity contribution in [1.29, 1.82) is 0 Å². The van der Waals surface area contributed by atoms with Crippen molar-refractivity contribution in [3.8, 4) is 0 Å². The Bertz CT molecular complexity index is 1250. The highest BCUT2D eigenvalue weighted by molar-refractivity contribution is 8.00. The molecular weight excluding hydrogens is 470 g/mol. The summed E-state index contributed by atoms with van der Waals surface area (Å²) in [7, 11) is -4.35. The van der Waals surface area contributed by atoms with Crippen LogP contribution in [0.2, 0.25) is 5.02 Å². The number of rotatable bonds is 5. The molecule has 0 fully saturated rings. The molecular formula is C18H12ClF4NO4S2. The van der Waals surface area contributed by atoms with Crippen LogP contribution >= 0.6 is 23.4 Å². The van der Waals surface area contributed by atoms with Crippen LogP contribution in [-0.2, 0) is 21.2 Å². The molecule has 0 aliphatic carbocycles. The van der Waals surface area contributed by atoms with Crippen LogP contribution < -0.4 is 0 Å². The molecule has 2 aromatic carbocycles. The molecule has 0 spiro atoms. The lowest BCUT2D eigenvalue weighted by Crippen LogP contribution is -2.15. The number of carboxylic acid groups (broad SMARTS) is 1. The van der Waals surface area contributed by atoms with E-state index in [2.05, 4.69) is 0 Å². The standard InChI is InChI=1S/C18H12ClF4NO4S2/c1-9-12(7-17(25)26)13-6-15(20)14(19)8-16(13)24(9)30(27,28)11-4-2-10(3-5-11)29-18(21,22)23/h2-6,8H,7H2,1H3,(H,25,26). The number of aliphatic carboxylic acids is 1. The summed E-state index contributed by atoms with van der Waals surface area (Å²) < 4.78 is 78.7. The van der Waals surface area contributed by atoms with E-state index >= 15 is 0 Å². The molecule has 5 nitrogen and oxygen atoms in total. The number of carbonyl (C=O) groups is 1. The fraction of sp³-hybridized carbons (Fsp3) is 0.167. The number of benzene rings is 2. The predicted octanol–water partition coefficient (Wildman–Crippen LogP) is 5.22. The van der Waals surface area contributed by atoms with Gasteiger partial charge in [-0.15, -0.1) is 0 Å². The molecule has 12 heteroatoms. The third-order valence-electron chi connectivity index (χ3n) is 4.25. The molecule has 0 saturated heterocycles. The van der Waals surface area contributed by atoms with Crippen molar-refractivity contribution in [3.05, 3.63) is 58.5 Å². The van der Waals surface area contributed by atoms with Crippen LogP contribution in [0.25, 0.3) is 10.9 Å². The Labute approximate surface area is 177 Å². The van der Waals surface area contributed by atoms with Gasteiger partial charge in [0.2, 0.25) is 0 Å². The van der Waals surface area contributed by atoms with Crippen molar-refractivity contribution in [2.75, 3.05) is 0 Å². The number of halogens is 5. The van der Waals surface area contributed by atoms with Crippen molar-refractivity contribution in [2.24, 2.45) is 0 Å². The molecule has 1 heterocycles. The third kappa shape index (κ3) is 4.28. The molecule has 0 aliphatic heterocycles. The molecule has 0 aliphatic rings. The maximum Gasteiger partial charge on any atom is 0.446 e. The summed E-state index contributed by atoms with van der Waals surface area (Å²) in [6.07, 6.45) is -0.562. The number of fused-ring (bicyclic) bond motifs is 1. The van der Waals surface area contributed by atoms with Crippen LogP contribution in [-0.4, -0.2) is 29.0 Å². The van der Waals surface area contributed by atoms with Crippen molar-refractivity contribution in [1.82, 2.24) is 3.97 Å². The van der Waals surface area contributed by atoms with Crippen molar-refractivity contribution < 1.29 is 35.9 Å². The van der Waals surface area contributed by atoms with Gasteiger partial charge in [-0.25, -0.2) is 16.8 Å². The quantitative estimate of drug-likeness (QED) is 0.399. The molecule has 0 saturated carbocycles. The van der Waals surface area contributed by atoms with Gasteiger partial charge in [0, 0.05) is 16.0 Å². The molecule has 0 unspecified atom stereocenters. The fourth-order valence-electron chi connectivity index (χ4n) is 3.05. The van der Waals surface area contributed by atoms with Gasteiger partial charge >= 0.3 is 11.5 Å². The fourth-order valence-corrected chi connectivity index (χ4v) is 5.32. The topological polar surface area (TPSA) is 76.4 Å². The van der Waals surface area contributed by atoms with E-state index in [1.165, 1.54) is 6.92 Å². The van der Waals surface area contributed by atoms with E-state index < -0.39 is 33.7 Å². The molecule has 160 valence electrons. The van der Waals surface area contributed by atoms with Gasteiger partial charge in [0.15, 0.2) is 0 Å². The van der Waals surface area contributed by atoms with E-state index in [0.717, 1.165) is 40.4 Å². The van der Waals surface area contributed by atoms with Gasteiger partial charge in [0.05, 0.1) is 21.9 Å². The van der Waals surface area contributed by atoms with E-state index in [1.807, 2.05) is 0 Å². The lowest BCUT2D eigenvalue weighted by molar-refractivity contribution is -0.136. The molecule has 3 rings (SSSR count). The molecule has 0 atom stereocenters. The molecule has 1 aromatic heterocycles. The minimum absolute atomic E-state index is 0.0304. The minimum Gasteiger partial charge on any atom is -0.481 e. The molecule has 3 aromatic rings. The van der Waals surface area contributed by atoms with Crippen LogP contribution in [0.4, 0.5) is 17.6 Å². The number of hydrogen-bond donors (Lipinski definition) is 1. The number of aromatic nitrogens is 1. The Morgan fingerprint density at radius 3 is 2.33 bits per heavy atom. The average Bonchev–Trinajstić information content (AvgIpc) is 2.86. The number of alkyl halides is 3. The van der Waals surface area contributed by atoms with Gasteiger partial charge in [0.25, 0.3) is 10.0 Å². The van der Waals surface area contributed by atoms with Crippen LogP contribution in [0.3, 0.4) is 0 Å². The van der Waals surface area contributed by atoms with Crippen LogP contribution in [0, 0.1) is 12.7 Å². The second kappa shape index (κ2) is 7.78. The Morgan fingerprint density at radius 1 is 1.20 bits per heavy atom. The first kappa shape index (κ1) is 22.4. The van der Waals surface area contributed by atoms with Gasteiger partial charge in [-0.3, -0.25) is 4.79 Å². The molecule has 0 bridgehead atoms. The monoisotopic (exact) mass is 481 g/mol. The van der Waals surface area contributed by atoms with Crippen LogP contribution in [0.5, 0.6) is 0 Å². The summed E-state index contributed by atoms with van der Waals surface area (Å²) >= 11 is 5.41. The van der Waals surface area contributed by atoms with Gasteiger partial charge in [-0.1, -0.05) is 11.6 Å². The van der Waals surface area contributed by atoms with E-state index in [9.17, 15) is 30.8 Å². The zero-order valence-corrected chi connectivity index (χ0v) is 17.4. The minimum atomic E-state index is -4.53. The highest BCUT2D eigenvalue weighted by Gasteiger charge is 2.30. The summed E-state index contributed by atoms with van der Waals surface area (Å²) in [6.45, 7) is 1.36. The maximum absolute atomic E-state index is 14.0. The zero-order chi connectivity index (χ0) is 22.4. The Balaban J connectivity index is 2.21. The highest BCUT2D eigenvalue weighted by Crippen LogP contribution is 2.38. The Hall–Kier alpha value is -2.24. The number of nitrogens with zero attached hydrogens (tertiary/aromatic N) is 1. The lowest BCUT2D eigenvalue weighted by atomic mass is 10.1. The van der Waals surface area contributed by atoms with Gasteiger partial charge in [-0.2, -0.15) is 13.2 Å². The third-order valence-corrected chi connectivity index (χ3v) is 7.10. The number of carboxylic acids is 1. The second-order valence-electron chi connectivity index (χ2n) is 6.21. The lowest BCUT2D eigenvalue weighted by Gasteiger charge is -2.12. The predicted molar refractivity (Wildman–Crippen MR) is 104 cm³/mol. The zero-order valence-electron chi connectivity index (χ0n) is 15.0.